The maximum atomic E-state index is 11.9. The number of H-pyrrole nitrogens is 1. The van der Waals surface area contributed by atoms with Crippen LogP contribution in [0.1, 0.15) is 26.6 Å². The van der Waals surface area contributed by atoms with Gasteiger partial charge >= 0.3 is 0 Å². The molecule has 16 heavy (non-hydrogen) atoms. The predicted molar refractivity (Wildman–Crippen MR) is 62.8 cm³/mol. The van der Waals surface area contributed by atoms with Gasteiger partial charge in [0.25, 0.3) is 0 Å². The van der Waals surface area contributed by atoms with Crippen LogP contribution in [0.15, 0.2) is 12.4 Å². The third kappa shape index (κ3) is 3.34. The van der Waals surface area contributed by atoms with Gasteiger partial charge in [0.05, 0.1) is 12.6 Å². The molecule has 1 aromatic heterocycles. The lowest BCUT2D eigenvalue weighted by molar-refractivity contribution is -0.132. The third-order valence-electron chi connectivity index (χ3n) is 2.58. The summed E-state index contributed by atoms with van der Waals surface area (Å²) in [6.07, 6.45) is 3.47. The molecule has 0 spiro atoms. The van der Waals surface area contributed by atoms with Crippen LogP contribution in [0.5, 0.6) is 0 Å². The number of nitrogens with zero attached hydrogens (tertiary/aromatic N) is 2. The molecule has 0 aliphatic rings. The molecule has 1 heterocycles. The van der Waals surface area contributed by atoms with Crippen molar-refractivity contribution >= 4 is 5.91 Å². The zero-order chi connectivity index (χ0) is 12.0. The molecular weight excluding hydrogens is 204 g/mol. The van der Waals surface area contributed by atoms with Gasteiger partial charge in [-0.1, -0.05) is 0 Å². The number of nitrogens with one attached hydrogen (secondary N) is 2. The fourth-order valence-corrected chi connectivity index (χ4v) is 1.54. The Kier molecular flexibility index (Phi) is 4.98. The zero-order valence-electron chi connectivity index (χ0n) is 10.2. The van der Waals surface area contributed by atoms with E-state index in [-0.39, 0.29) is 11.9 Å². The van der Waals surface area contributed by atoms with Crippen LogP contribution in [0.4, 0.5) is 0 Å². The van der Waals surface area contributed by atoms with Crippen LogP contribution in [0, 0.1) is 0 Å². The number of amides is 1. The van der Waals surface area contributed by atoms with E-state index in [1.807, 2.05) is 25.7 Å². The zero-order valence-corrected chi connectivity index (χ0v) is 10.2. The lowest BCUT2D eigenvalue weighted by Crippen LogP contribution is -2.44. The molecule has 1 aromatic rings. The largest absolute Gasteiger partial charge is 0.348 e. The Morgan fingerprint density at radius 1 is 1.56 bits per heavy atom. The van der Waals surface area contributed by atoms with Crippen molar-refractivity contribution in [2.24, 2.45) is 0 Å². The quantitative estimate of drug-likeness (QED) is 0.750. The first-order chi connectivity index (χ1) is 7.69. The maximum Gasteiger partial charge on any atom is 0.239 e. The fraction of sp³-hybridized carbons (Fsp3) is 0.636. The normalized spacial score (nSPS) is 12.4. The second kappa shape index (κ2) is 6.27. The first-order valence-electron chi connectivity index (χ1n) is 5.69. The van der Waals surface area contributed by atoms with Crippen LogP contribution in [-0.2, 0) is 11.3 Å². The third-order valence-corrected chi connectivity index (χ3v) is 2.58. The lowest BCUT2D eigenvalue weighted by atomic mass is 10.3. The molecule has 0 bridgehead atoms. The van der Waals surface area contributed by atoms with Crippen LogP contribution in [0.3, 0.4) is 0 Å². The van der Waals surface area contributed by atoms with Crippen molar-refractivity contribution in [1.29, 1.82) is 0 Å². The molecule has 5 heteroatoms. The highest BCUT2D eigenvalue weighted by atomic mass is 16.2. The Morgan fingerprint density at radius 2 is 2.25 bits per heavy atom. The molecule has 0 aliphatic heterocycles. The summed E-state index contributed by atoms with van der Waals surface area (Å²) in [5.74, 6) is 0.982. The summed E-state index contributed by atoms with van der Waals surface area (Å²) in [6, 6.07) is -0.176. The minimum Gasteiger partial charge on any atom is -0.348 e. The summed E-state index contributed by atoms with van der Waals surface area (Å²) in [6.45, 7) is 7.94. The van der Waals surface area contributed by atoms with E-state index >= 15 is 0 Å². The summed E-state index contributed by atoms with van der Waals surface area (Å²) in [5.41, 5.74) is 0. The van der Waals surface area contributed by atoms with Gasteiger partial charge in [-0.3, -0.25) is 10.1 Å². The molecule has 1 rings (SSSR count). The molecule has 1 amide bonds. The lowest BCUT2D eigenvalue weighted by Gasteiger charge is -2.23. The van der Waals surface area contributed by atoms with Gasteiger partial charge in [-0.05, 0) is 20.8 Å². The van der Waals surface area contributed by atoms with E-state index in [0.29, 0.717) is 6.54 Å². The van der Waals surface area contributed by atoms with E-state index in [1.165, 1.54) is 0 Å². The molecular formula is C11H20N4O. The molecule has 0 fully saturated rings. The van der Waals surface area contributed by atoms with E-state index in [0.717, 1.165) is 18.9 Å². The van der Waals surface area contributed by atoms with Crippen LogP contribution < -0.4 is 5.32 Å². The second-order valence-electron chi connectivity index (χ2n) is 3.65. The monoisotopic (exact) mass is 224 g/mol. The smallest absolute Gasteiger partial charge is 0.239 e. The Bertz CT molecular complexity index is 306. The highest BCUT2D eigenvalue weighted by Crippen LogP contribution is 1.96. The average molecular weight is 224 g/mol. The Morgan fingerprint density at radius 3 is 2.75 bits per heavy atom. The molecule has 0 aromatic carbocycles. The first-order valence-corrected chi connectivity index (χ1v) is 5.69. The van der Waals surface area contributed by atoms with Gasteiger partial charge in [-0.25, -0.2) is 4.98 Å². The van der Waals surface area contributed by atoms with Crippen molar-refractivity contribution in [3.8, 4) is 0 Å². The molecule has 5 nitrogen and oxygen atoms in total. The molecule has 1 unspecified atom stereocenters. The van der Waals surface area contributed by atoms with E-state index in [2.05, 4.69) is 15.3 Å². The standard InChI is InChI=1S/C11H20N4O/c1-4-15(5-2)11(16)9(3)14-8-10-12-6-7-13-10/h6-7,9,14H,4-5,8H2,1-3H3,(H,12,13). The average Bonchev–Trinajstić information content (AvgIpc) is 2.80. The van der Waals surface area contributed by atoms with E-state index in [4.69, 9.17) is 0 Å². The number of likely N-dealkylation sites (N-methyl/N-ethyl adjacent to an activating group) is 1. The molecule has 0 saturated carbocycles. The molecule has 0 aliphatic carbocycles. The molecule has 90 valence electrons. The maximum absolute atomic E-state index is 11.9. The highest BCUT2D eigenvalue weighted by molar-refractivity contribution is 5.81. The predicted octanol–water partition coefficient (Wildman–Crippen LogP) is 0.756. The number of rotatable bonds is 6. The second-order valence-corrected chi connectivity index (χ2v) is 3.65. The van der Waals surface area contributed by atoms with Gasteiger partial charge in [0, 0.05) is 25.5 Å². The van der Waals surface area contributed by atoms with Gasteiger partial charge in [0.2, 0.25) is 5.91 Å². The Hall–Kier alpha value is -1.36. The number of hydrogen-bond acceptors (Lipinski definition) is 3. The minimum atomic E-state index is -0.176. The summed E-state index contributed by atoms with van der Waals surface area (Å²) >= 11 is 0. The Labute approximate surface area is 96.3 Å². The van der Waals surface area contributed by atoms with Crippen LogP contribution in [0.2, 0.25) is 0 Å². The van der Waals surface area contributed by atoms with Crippen LogP contribution in [0.25, 0.3) is 0 Å². The van der Waals surface area contributed by atoms with E-state index < -0.39 is 0 Å². The van der Waals surface area contributed by atoms with Crippen LogP contribution in [-0.4, -0.2) is 39.9 Å². The molecule has 1 atom stereocenters. The van der Waals surface area contributed by atoms with Crippen molar-refractivity contribution in [2.75, 3.05) is 13.1 Å². The van der Waals surface area contributed by atoms with Crippen molar-refractivity contribution in [1.82, 2.24) is 20.2 Å². The minimum absolute atomic E-state index is 0.136. The van der Waals surface area contributed by atoms with Gasteiger partial charge in [0.1, 0.15) is 5.82 Å². The fourth-order valence-electron chi connectivity index (χ4n) is 1.54. The number of hydrogen-bond donors (Lipinski definition) is 2. The van der Waals surface area contributed by atoms with E-state index in [9.17, 15) is 4.79 Å². The summed E-state index contributed by atoms with van der Waals surface area (Å²) < 4.78 is 0. The molecule has 0 radical (unpaired) electrons. The number of imidazole rings is 1. The SMILES string of the molecule is CCN(CC)C(=O)C(C)NCc1ncc[nH]1. The summed E-state index contributed by atoms with van der Waals surface area (Å²) in [5, 5.41) is 3.15. The van der Waals surface area contributed by atoms with Gasteiger partial charge in [0.15, 0.2) is 0 Å². The van der Waals surface area contributed by atoms with Crippen molar-refractivity contribution in [2.45, 2.75) is 33.4 Å². The number of aromatic amines is 1. The van der Waals surface area contributed by atoms with Crippen molar-refractivity contribution in [3.63, 3.8) is 0 Å². The van der Waals surface area contributed by atoms with Gasteiger partial charge in [-0.15, -0.1) is 0 Å². The molecule has 2 N–H and O–H groups in total. The highest BCUT2D eigenvalue weighted by Gasteiger charge is 2.17. The van der Waals surface area contributed by atoms with E-state index in [1.54, 1.807) is 12.4 Å². The number of carbonyl (C=O) groups excluding carboxylic acids is 1. The number of aromatic nitrogens is 2. The number of carbonyl (C=O) groups is 1. The summed E-state index contributed by atoms with van der Waals surface area (Å²) in [4.78, 5) is 20.8. The Balaban J connectivity index is 2.39. The van der Waals surface area contributed by atoms with Gasteiger partial charge < -0.3 is 9.88 Å². The molecule has 0 saturated heterocycles. The van der Waals surface area contributed by atoms with Crippen molar-refractivity contribution in [3.05, 3.63) is 18.2 Å². The topological polar surface area (TPSA) is 61.0 Å². The van der Waals surface area contributed by atoms with Crippen molar-refractivity contribution < 1.29 is 4.79 Å². The first kappa shape index (κ1) is 12.7. The van der Waals surface area contributed by atoms with Gasteiger partial charge in [-0.2, -0.15) is 0 Å². The van der Waals surface area contributed by atoms with Crippen LogP contribution >= 0.6 is 0 Å². The summed E-state index contributed by atoms with van der Waals surface area (Å²) in [7, 11) is 0.